The Labute approximate surface area is 63.1 Å². The smallest absolute Gasteiger partial charge is 0.255 e. The molecule has 3 heteroatoms. The van der Waals surface area contributed by atoms with Crippen LogP contribution in [0, 0.1) is 0 Å². The van der Waals surface area contributed by atoms with Crippen LogP contribution in [0.1, 0.15) is 15.2 Å². The van der Waals surface area contributed by atoms with E-state index in [0.717, 1.165) is 12.1 Å². The van der Waals surface area contributed by atoms with Crippen molar-refractivity contribution in [3.8, 4) is 0 Å². The van der Waals surface area contributed by atoms with Gasteiger partial charge in [-0.05, 0) is 11.4 Å². The van der Waals surface area contributed by atoms with E-state index in [2.05, 4.69) is 0 Å². The van der Waals surface area contributed by atoms with Crippen LogP contribution in [-0.4, -0.2) is 17.9 Å². The van der Waals surface area contributed by atoms with E-state index in [1.165, 1.54) is 4.88 Å². The summed E-state index contributed by atoms with van der Waals surface area (Å²) >= 11 is 1.66. The summed E-state index contributed by atoms with van der Waals surface area (Å²) in [4.78, 5) is 14.1. The van der Waals surface area contributed by atoms with E-state index in [9.17, 15) is 4.79 Å². The zero-order chi connectivity index (χ0) is 7.14. The lowest BCUT2D eigenvalue weighted by Crippen LogP contribution is -2.17. The molecule has 0 fully saturated rings. The summed E-state index contributed by atoms with van der Waals surface area (Å²) in [5.74, 6) is 0.163. The van der Waals surface area contributed by atoms with Gasteiger partial charge in [-0.1, -0.05) is 0 Å². The first kappa shape index (κ1) is 5.92. The summed E-state index contributed by atoms with van der Waals surface area (Å²) in [6.07, 6.45) is 0. The highest BCUT2D eigenvalue weighted by Gasteiger charge is 2.24. The highest BCUT2D eigenvalue weighted by molar-refractivity contribution is 7.10. The van der Waals surface area contributed by atoms with Crippen LogP contribution in [0.4, 0.5) is 0 Å². The Bertz CT molecular complexity index is 279. The number of nitrogens with zero attached hydrogens (tertiary/aromatic N) is 1. The van der Waals surface area contributed by atoms with E-state index in [1.807, 2.05) is 18.5 Å². The first-order chi connectivity index (χ1) is 4.79. The van der Waals surface area contributed by atoms with Gasteiger partial charge in [-0.3, -0.25) is 4.79 Å². The zero-order valence-electron chi connectivity index (χ0n) is 5.63. The highest BCUT2D eigenvalue weighted by atomic mass is 32.1. The Morgan fingerprint density at radius 1 is 1.70 bits per heavy atom. The molecule has 52 valence electrons. The minimum absolute atomic E-state index is 0.163. The summed E-state index contributed by atoms with van der Waals surface area (Å²) in [5.41, 5.74) is 0.896. The quantitative estimate of drug-likeness (QED) is 0.550. The maximum Gasteiger partial charge on any atom is 0.255 e. The first-order valence-corrected chi connectivity index (χ1v) is 3.99. The summed E-state index contributed by atoms with van der Waals surface area (Å²) in [5, 5.41) is 1.97. The van der Waals surface area contributed by atoms with Crippen LogP contribution in [-0.2, 0) is 6.54 Å². The highest BCUT2D eigenvalue weighted by Crippen LogP contribution is 2.25. The second-order valence-electron chi connectivity index (χ2n) is 2.42. The number of carbonyl (C=O) groups is 1. The summed E-state index contributed by atoms with van der Waals surface area (Å²) in [6.45, 7) is 0.797. The van der Waals surface area contributed by atoms with Crippen molar-refractivity contribution in [2.24, 2.45) is 0 Å². The molecule has 10 heavy (non-hydrogen) atoms. The van der Waals surface area contributed by atoms with Gasteiger partial charge in [-0.15, -0.1) is 11.3 Å². The molecule has 0 N–H and O–H groups in total. The Kier molecular flexibility index (Phi) is 1.08. The third-order valence-corrected chi connectivity index (χ3v) is 2.61. The van der Waals surface area contributed by atoms with Crippen molar-refractivity contribution in [1.29, 1.82) is 0 Å². The zero-order valence-corrected chi connectivity index (χ0v) is 6.44. The Balaban J connectivity index is 2.53. The number of fused-ring (bicyclic) bond motifs is 1. The van der Waals surface area contributed by atoms with Gasteiger partial charge in [-0.2, -0.15) is 0 Å². The predicted molar refractivity (Wildman–Crippen MR) is 40.1 cm³/mol. The predicted octanol–water partition coefficient (Wildman–Crippen LogP) is 1.33. The number of hydrogen-bond acceptors (Lipinski definition) is 2. The normalized spacial score (nSPS) is 16.1. The largest absolute Gasteiger partial charge is 0.337 e. The van der Waals surface area contributed by atoms with Crippen molar-refractivity contribution in [3.63, 3.8) is 0 Å². The van der Waals surface area contributed by atoms with Gasteiger partial charge < -0.3 is 4.90 Å². The number of hydrogen-bond donors (Lipinski definition) is 0. The molecule has 0 unspecified atom stereocenters. The van der Waals surface area contributed by atoms with Gasteiger partial charge in [0.2, 0.25) is 0 Å². The molecule has 1 aliphatic rings. The van der Waals surface area contributed by atoms with E-state index in [0.29, 0.717) is 0 Å². The molecule has 0 atom stereocenters. The molecule has 0 bridgehead atoms. The number of thiophene rings is 1. The fraction of sp³-hybridized carbons (Fsp3) is 0.286. The lowest BCUT2D eigenvalue weighted by atomic mass is 10.3. The van der Waals surface area contributed by atoms with Crippen molar-refractivity contribution in [2.45, 2.75) is 6.54 Å². The lowest BCUT2D eigenvalue weighted by Gasteiger charge is -2.04. The molecule has 1 amide bonds. The number of rotatable bonds is 0. The van der Waals surface area contributed by atoms with Gasteiger partial charge in [0.05, 0.1) is 12.1 Å². The van der Waals surface area contributed by atoms with Crippen LogP contribution in [0.2, 0.25) is 0 Å². The van der Waals surface area contributed by atoms with Gasteiger partial charge in [0.25, 0.3) is 5.91 Å². The maximum atomic E-state index is 11.2. The van der Waals surface area contributed by atoms with E-state index in [1.54, 1.807) is 16.2 Å². The van der Waals surface area contributed by atoms with Crippen molar-refractivity contribution in [2.75, 3.05) is 7.05 Å². The molecule has 1 aliphatic heterocycles. The van der Waals surface area contributed by atoms with Crippen LogP contribution in [0.15, 0.2) is 11.4 Å². The number of carbonyl (C=O) groups excluding carboxylic acids is 1. The SMILES string of the molecule is CN1Cc2sccc2C1=O. The molecule has 0 radical (unpaired) electrons. The minimum atomic E-state index is 0.163. The molecular formula is C7H7NOS. The molecule has 2 rings (SSSR count). The standard InChI is InChI=1S/C7H7NOS/c1-8-4-6-5(7(8)9)2-3-10-6/h2-3H,4H2,1H3. The van der Waals surface area contributed by atoms with Crippen LogP contribution < -0.4 is 0 Å². The van der Waals surface area contributed by atoms with E-state index in [-0.39, 0.29) is 5.91 Å². The molecule has 2 nitrogen and oxygen atoms in total. The van der Waals surface area contributed by atoms with Gasteiger partial charge in [0, 0.05) is 11.9 Å². The Morgan fingerprint density at radius 3 is 3.20 bits per heavy atom. The van der Waals surface area contributed by atoms with E-state index < -0.39 is 0 Å². The van der Waals surface area contributed by atoms with Crippen molar-refractivity contribution in [3.05, 3.63) is 21.9 Å². The van der Waals surface area contributed by atoms with Crippen molar-refractivity contribution >= 4 is 17.2 Å². The molecule has 1 aromatic heterocycles. The Morgan fingerprint density at radius 2 is 2.50 bits per heavy atom. The molecule has 0 saturated carbocycles. The summed E-state index contributed by atoms with van der Waals surface area (Å²) in [6, 6.07) is 1.89. The molecule has 1 aromatic rings. The fourth-order valence-electron chi connectivity index (χ4n) is 1.15. The molecule has 0 aliphatic carbocycles. The lowest BCUT2D eigenvalue weighted by molar-refractivity contribution is 0.0816. The molecule has 2 heterocycles. The third kappa shape index (κ3) is 0.609. The van der Waals surface area contributed by atoms with E-state index in [4.69, 9.17) is 0 Å². The maximum absolute atomic E-state index is 11.2. The molecule has 0 saturated heterocycles. The molecule has 0 spiro atoms. The summed E-state index contributed by atoms with van der Waals surface area (Å²) < 4.78 is 0. The van der Waals surface area contributed by atoms with Gasteiger partial charge in [-0.25, -0.2) is 0 Å². The van der Waals surface area contributed by atoms with Crippen molar-refractivity contribution < 1.29 is 4.79 Å². The van der Waals surface area contributed by atoms with Gasteiger partial charge >= 0.3 is 0 Å². The minimum Gasteiger partial charge on any atom is -0.337 e. The summed E-state index contributed by atoms with van der Waals surface area (Å²) in [7, 11) is 1.83. The average molecular weight is 153 g/mol. The van der Waals surface area contributed by atoms with Crippen LogP contribution in [0.25, 0.3) is 0 Å². The average Bonchev–Trinajstić information content (AvgIpc) is 2.41. The molecule has 0 aromatic carbocycles. The number of amides is 1. The Hall–Kier alpha value is -0.830. The van der Waals surface area contributed by atoms with Gasteiger partial charge in [0.15, 0.2) is 0 Å². The van der Waals surface area contributed by atoms with Crippen LogP contribution >= 0.6 is 11.3 Å². The van der Waals surface area contributed by atoms with Crippen molar-refractivity contribution in [1.82, 2.24) is 4.90 Å². The fourth-order valence-corrected chi connectivity index (χ4v) is 2.07. The first-order valence-electron chi connectivity index (χ1n) is 3.11. The van der Waals surface area contributed by atoms with Gasteiger partial charge in [0.1, 0.15) is 0 Å². The second kappa shape index (κ2) is 1.83. The van der Waals surface area contributed by atoms with Crippen LogP contribution in [0.5, 0.6) is 0 Å². The topological polar surface area (TPSA) is 20.3 Å². The third-order valence-electron chi connectivity index (χ3n) is 1.70. The second-order valence-corrected chi connectivity index (χ2v) is 3.42. The van der Waals surface area contributed by atoms with Crippen LogP contribution in [0.3, 0.4) is 0 Å². The molecular weight excluding hydrogens is 146 g/mol. The van der Waals surface area contributed by atoms with E-state index >= 15 is 0 Å². The monoisotopic (exact) mass is 153 g/mol.